The molecule has 1 saturated heterocycles. The highest BCUT2D eigenvalue weighted by atomic mass is 35.5. The van der Waals surface area contributed by atoms with Crippen molar-refractivity contribution in [1.29, 1.82) is 0 Å². The van der Waals surface area contributed by atoms with Crippen LogP contribution in [0.3, 0.4) is 0 Å². The van der Waals surface area contributed by atoms with E-state index in [9.17, 15) is 14.8 Å². The largest absolute Gasteiger partial charge is 0.494 e. The third-order valence-corrected chi connectivity index (χ3v) is 8.59. The lowest BCUT2D eigenvalue weighted by Crippen LogP contribution is -2.48. The Morgan fingerprint density at radius 3 is 2.20 bits per heavy atom. The number of nitrogens with zero attached hydrogens (tertiary/aromatic N) is 4. The fraction of sp³-hybridized carbons (Fsp3) is 0.405. The van der Waals surface area contributed by atoms with Crippen LogP contribution >= 0.6 is 24.8 Å². The number of benzene rings is 3. The Morgan fingerprint density at radius 2 is 1.53 bits per heavy atom. The summed E-state index contributed by atoms with van der Waals surface area (Å²) in [6.07, 6.45) is 3.74. The molecule has 1 amide bonds. The first-order chi connectivity index (χ1) is 22.9. The van der Waals surface area contributed by atoms with Gasteiger partial charge in [-0.25, -0.2) is 0 Å². The molecule has 2 heterocycles. The van der Waals surface area contributed by atoms with E-state index in [4.69, 9.17) is 9.84 Å². The minimum Gasteiger partial charge on any atom is -0.494 e. The van der Waals surface area contributed by atoms with Gasteiger partial charge in [-0.3, -0.25) is 14.4 Å². The number of nitrogens with one attached hydrogen (secondary N) is 1. The number of piperazine rings is 1. The highest BCUT2D eigenvalue weighted by Gasteiger charge is 2.26. The van der Waals surface area contributed by atoms with Gasteiger partial charge in [0.15, 0.2) is 0 Å². The summed E-state index contributed by atoms with van der Waals surface area (Å²) < 4.78 is 7.81. The lowest BCUT2D eigenvalue weighted by molar-refractivity contribution is -0.122. The number of halogens is 2. The molecule has 3 N–H and O–H groups in total. The number of carbonyl (C=O) groups is 1. The molecule has 12 heteroatoms. The van der Waals surface area contributed by atoms with Crippen LogP contribution in [-0.2, 0) is 11.3 Å². The molecule has 0 unspecified atom stereocenters. The van der Waals surface area contributed by atoms with Crippen molar-refractivity contribution in [3.05, 3.63) is 91.0 Å². The SMILES string of the molecule is CC(C)C[C@H](NC(=O)Cn1nc(-c2cccc(OCCCCCN3CCN(c4ccccc4)CC3)c2)cc1-c1ccccc1)B(O)O.Cl.Cl. The fourth-order valence-corrected chi connectivity index (χ4v) is 6.09. The number of carbonyl (C=O) groups excluding carboxylic acids is 1. The summed E-state index contributed by atoms with van der Waals surface area (Å²) >= 11 is 0. The van der Waals surface area contributed by atoms with Crippen molar-refractivity contribution in [3.8, 4) is 28.3 Å². The number of amides is 1. The molecule has 0 saturated carbocycles. The third kappa shape index (κ3) is 12.1. The van der Waals surface area contributed by atoms with Crippen molar-refractivity contribution in [1.82, 2.24) is 20.0 Å². The van der Waals surface area contributed by atoms with Crippen LogP contribution in [0.4, 0.5) is 5.69 Å². The van der Waals surface area contributed by atoms with Gasteiger partial charge in [0, 0.05) is 37.4 Å². The van der Waals surface area contributed by atoms with E-state index in [2.05, 4.69) is 45.4 Å². The van der Waals surface area contributed by atoms with Crippen molar-refractivity contribution in [3.63, 3.8) is 0 Å². The number of ether oxygens (including phenoxy) is 1. The zero-order valence-electron chi connectivity index (χ0n) is 28.5. The summed E-state index contributed by atoms with van der Waals surface area (Å²) in [6, 6.07) is 30.4. The number of hydrogen-bond acceptors (Lipinski definition) is 7. The molecule has 0 aliphatic carbocycles. The third-order valence-electron chi connectivity index (χ3n) is 8.59. The van der Waals surface area contributed by atoms with Crippen LogP contribution in [0.1, 0.15) is 39.5 Å². The number of para-hydroxylation sites is 1. The van der Waals surface area contributed by atoms with Crippen LogP contribution in [0.2, 0.25) is 0 Å². The monoisotopic (exact) mass is 709 g/mol. The predicted octanol–water partition coefficient (Wildman–Crippen LogP) is 5.97. The average molecular weight is 711 g/mol. The van der Waals surface area contributed by atoms with Crippen molar-refractivity contribution in [2.75, 3.05) is 44.2 Å². The summed E-state index contributed by atoms with van der Waals surface area (Å²) in [5, 5.41) is 27.2. The van der Waals surface area contributed by atoms with Crippen molar-refractivity contribution >= 4 is 43.5 Å². The Kier molecular flexibility index (Phi) is 16.5. The maximum Gasteiger partial charge on any atom is 0.475 e. The van der Waals surface area contributed by atoms with Gasteiger partial charge in [0.1, 0.15) is 12.3 Å². The smallest absolute Gasteiger partial charge is 0.475 e. The summed E-state index contributed by atoms with van der Waals surface area (Å²) in [5.74, 6) is -0.0921. The Hall–Kier alpha value is -3.54. The minimum atomic E-state index is -1.63. The van der Waals surface area contributed by atoms with Gasteiger partial charge in [-0.15, -0.1) is 24.8 Å². The number of rotatable bonds is 16. The molecule has 0 spiro atoms. The van der Waals surface area contributed by atoms with Gasteiger partial charge >= 0.3 is 7.12 Å². The second kappa shape index (κ2) is 20.2. The van der Waals surface area contributed by atoms with Gasteiger partial charge in [0.25, 0.3) is 0 Å². The zero-order valence-corrected chi connectivity index (χ0v) is 30.1. The average Bonchev–Trinajstić information content (AvgIpc) is 3.50. The first-order valence-corrected chi connectivity index (χ1v) is 16.9. The Morgan fingerprint density at radius 1 is 0.857 bits per heavy atom. The van der Waals surface area contributed by atoms with Crippen LogP contribution in [0.5, 0.6) is 5.75 Å². The number of anilines is 1. The van der Waals surface area contributed by atoms with E-state index in [0.29, 0.717) is 13.0 Å². The van der Waals surface area contributed by atoms with Crippen LogP contribution in [0, 0.1) is 5.92 Å². The minimum absolute atomic E-state index is 0. The van der Waals surface area contributed by atoms with Gasteiger partial charge < -0.3 is 25.0 Å². The second-order valence-electron chi connectivity index (χ2n) is 12.8. The quantitative estimate of drug-likeness (QED) is 0.0973. The van der Waals surface area contributed by atoms with E-state index in [1.165, 1.54) is 5.69 Å². The summed E-state index contributed by atoms with van der Waals surface area (Å²) in [4.78, 5) is 18.1. The topological polar surface area (TPSA) is 103 Å². The molecule has 9 nitrogen and oxygen atoms in total. The molecular formula is C37H50BCl2N5O4. The Bertz CT molecular complexity index is 1540. The lowest BCUT2D eigenvalue weighted by Gasteiger charge is -2.36. The van der Waals surface area contributed by atoms with E-state index >= 15 is 0 Å². The highest BCUT2D eigenvalue weighted by molar-refractivity contribution is 6.43. The van der Waals surface area contributed by atoms with Crippen LogP contribution in [0.25, 0.3) is 22.5 Å². The maximum absolute atomic E-state index is 13.0. The van der Waals surface area contributed by atoms with Crippen LogP contribution in [-0.4, -0.2) is 83.0 Å². The molecule has 1 aliphatic heterocycles. The summed E-state index contributed by atoms with van der Waals surface area (Å²) in [7, 11) is -1.63. The van der Waals surface area contributed by atoms with Gasteiger partial charge in [-0.1, -0.05) is 74.5 Å². The van der Waals surface area contributed by atoms with Gasteiger partial charge in [-0.2, -0.15) is 5.10 Å². The molecule has 1 atom stereocenters. The predicted molar refractivity (Wildman–Crippen MR) is 204 cm³/mol. The molecule has 3 aromatic carbocycles. The fourth-order valence-electron chi connectivity index (χ4n) is 6.09. The van der Waals surface area contributed by atoms with Crippen molar-refractivity contribution < 1.29 is 19.6 Å². The summed E-state index contributed by atoms with van der Waals surface area (Å²) in [5.41, 5.74) is 4.68. The van der Waals surface area contributed by atoms with Crippen molar-refractivity contribution in [2.24, 2.45) is 5.92 Å². The molecule has 1 aromatic heterocycles. The number of aromatic nitrogens is 2. The molecule has 4 aromatic rings. The van der Waals surface area contributed by atoms with E-state index in [0.717, 1.165) is 80.3 Å². The molecule has 1 fully saturated rings. The van der Waals surface area contributed by atoms with Crippen LogP contribution < -0.4 is 15.0 Å². The van der Waals surface area contributed by atoms with E-state index in [1.807, 2.05) is 74.5 Å². The highest BCUT2D eigenvalue weighted by Crippen LogP contribution is 2.28. The lowest BCUT2D eigenvalue weighted by atomic mass is 9.75. The first kappa shape index (κ1) is 39.9. The van der Waals surface area contributed by atoms with Crippen LogP contribution in [0.15, 0.2) is 91.0 Å². The molecule has 49 heavy (non-hydrogen) atoms. The Balaban J connectivity index is 0.00000325. The van der Waals surface area contributed by atoms with Crippen molar-refractivity contribution in [2.45, 2.75) is 52.0 Å². The first-order valence-electron chi connectivity index (χ1n) is 16.9. The molecule has 264 valence electrons. The maximum atomic E-state index is 13.0. The van der Waals surface area contributed by atoms with E-state index in [1.54, 1.807) is 4.68 Å². The van der Waals surface area contributed by atoms with Gasteiger partial charge in [-0.05, 0) is 74.0 Å². The molecule has 1 aliphatic rings. The normalized spacial score (nSPS) is 13.7. The van der Waals surface area contributed by atoms with Gasteiger partial charge in [0.05, 0.1) is 23.9 Å². The van der Waals surface area contributed by atoms with Gasteiger partial charge in [0.2, 0.25) is 5.91 Å². The zero-order chi connectivity index (χ0) is 33.0. The number of unbranched alkanes of at least 4 members (excludes halogenated alkanes) is 2. The molecule has 0 bridgehead atoms. The van der Waals surface area contributed by atoms with E-state index in [-0.39, 0.29) is 43.2 Å². The second-order valence-corrected chi connectivity index (χ2v) is 12.8. The molecular weight excluding hydrogens is 660 g/mol. The number of hydrogen-bond donors (Lipinski definition) is 3. The molecule has 5 rings (SSSR count). The standard InChI is InChI=1S/C37H48BN5O4.2ClH/c1-29(2)25-36(38(45)46)39-37(44)28-43-35(30-13-6-3-7-14-30)27-34(40-43)31-15-12-18-33(26-31)47-24-11-5-10-19-41-20-22-42(23-21-41)32-16-8-4-9-17-32;;/h3-4,6-9,12-18,26-27,29,36,45-46H,5,10-11,19-25,28H2,1-2H3,(H,39,44);2*1H/t36-;;/m0../s1. The Labute approximate surface area is 303 Å². The van der Waals surface area contributed by atoms with E-state index < -0.39 is 13.1 Å². The summed E-state index contributed by atoms with van der Waals surface area (Å²) in [6.45, 7) is 10.0. The molecule has 0 radical (unpaired) electrons.